The molecule has 0 unspecified atom stereocenters. The number of hydrogen-bond donors (Lipinski definition) is 3. The second-order valence-corrected chi connectivity index (χ2v) is 6.81. The van der Waals surface area contributed by atoms with Crippen LogP contribution in [0.25, 0.3) is 0 Å². The third kappa shape index (κ3) is 4.45. The lowest BCUT2D eigenvalue weighted by Gasteiger charge is -2.27. The Morgan fingerprint density at radius 2 is 2.04 bits per heavy atom. The fourth-order valence-electron chi connectivity index (χ4n) is 3.53. The minimum absolute atomic E-state index is 0.0472. The lowest BCUT2D eigenvalue weighted by molar-refractivity contribution is -0.123. The summed E-state index contributed by atoms with van der Waals surface area (Å²) in [5.74, 6) is 0.952. The van der Waals surface area contributed by atoms with E-state index in [0.29, 0.717) is 19.5 Å². The maximum absolute atomic E-state index is 12.2. The Morgan fingerprint density at radius 3 is 2.75 bits per heavy atom. The molecule has 0 saturated carbocycles. The smallest absolute Gasteiger partial charge is 0.237 e. The number of aromatic nitrogens is 1. The molecule has 1 aromatic rings. The maximum atomic E-state index is 12.2. The number of nitrogens with zero attached hydrogens (tertiary/aromatic N) is 2. The van der Waals surface area contributed by atoms with Crippen LogP contribution in [0.3, 0.4) is 0 Å². The molecule has 2 aliphatic rings. The predicted octanol–water partition coefficient (Wildman–Crippen LogP) is 1.19. The maximum Gasteiger partial charge on any atom is 0.237 e. The van der Waals surface area contributed by atoms with Gasteiger partial charge in [-0.2, -0.15) is 0 Å². The normalized spacial score (nSPS) is 25.1. The Bertz CT molecular complexity index is 544. The van der Waals surface area contributed by atoms with Gasteiger partial charge in [0.05, 0.1) is 12.1 Å². The lowest BCUT2D eigenvalue weighted by atomic mass is 10.1. The van der Waals surface area contributed by atoms with Gasteiger partial charge in [0.1, 0.15) is 5.82 Å². The molecule has 132 valence electrons. The molecule has 1 amide bonds. The fraction of sp³-hybridized carbons (Fsp3) is 0.667. The Kier molecular flexibility index (Phi) is 6.04. The molecule has 0 bridgehead atoms. The van der Waals surface area contributed by atoms with Crippen molar-refractivity contribution < 1.29 is 9.90 Å². The highest BCUT2D eigenvalue weighted by Crippen LogP contribution is 2.21. The van der Waals surface area contributed by atoms with Crippen LogP contribution in [-0.4, -0.2) is 47.8 Å². The number of aliphatic hydroxyl groups is 1. The minimum atomic E-state index is -0.421. The van der Waals surface area contributed by atoms with Crippen LogP contribution in [0.5, 0.6) is 0 Å². The molecule has 3 heterocycles. The van der Waals surface area contributed by atoms with Gasteiger partial charge in [-0.3, -0.25) is 4.79 Å². The molecule has 6 heteroatoms. The first kappa shape index (κ1) is 17.2. The standard InChI is InChI=1S/C18H28N4O2/c23-15-11-16(20-13-15)18(24)21-12-14-7-6-8-19-17(14)22-9-4-2-1-3-5-10-22/h6-8,15-16,20,23H,1-5,9-13H2,(H,21,24)/t15-,16+/m1/s1. The topological polar surface area (TPSA) is 77.5 Å². The second-order valence-electron chi connectivity index (χ2n) is 6.81. The van der Waals surface area contributed by atoms with Crippen LogP contribution in [0, 0.1) is 0 Å². The van der Waals surface area contributed by atoms with Crippen molar-refractivity contribution in [3.8, 4) is 0 Å². The van der Waals surface area contributed by atoms with Crippen molar-refractivity contribution in [3.05, 3.63) is 23.9 Å². The van der Waals surface area contributed by atoms with E-state index in [4.69, 9.17) is 0 Å². The number of β-amino-alcohol motifs (C(OH)–C–C–N with tert-alkyl or cyclic N) is 1. The first-order chi connectivity index (χ1) is 11.7. The van der Waals surface area contributed by atoms with Crippen molar-refractivity contribution in [2.24, 2.45) is 0 Å². The number of aliphatic hydroxyl groups excluding tert-OH is 1. The van der Waals surface area contributed by atoms with Crippen molar-refractivity contribution in [3.63, 3.8) is 0 Å². The van der Waals surface area contributed by atoms with Gasteiger partial charge in [0.2, 0.25) is 5.91 Å². The van der Waals surface area contributed by atoms with Crippen LogP contribution in [0.15, 0.2) is 18.3 Å². The minimum Gasteiger partial charge on any atom is -0.392 e. The number of carbonyl (C=O) groups is 1. The molecule has 3 rings (SSSR count). The molecule has 0 aliphatic carbocycles. The van der Waals surface area contributed by atoms with Crippen LogP contribution in [0.1, 0.15) is 44.1 Å². The largest absolute Gasteiger partial charge is 0.392 e. The highest BCUT2D eigenvalue weighted by molar-refractivity contribution is 5.82. The summed E-state index contributed by atoms with van der Waals surface area (Å²) in [5.41, 5.74) is 1.06. The average Bonchev–Trinajstić information content (AvgIpc) is 2.99. The first-order valence-electron chi connectivity index (χ1n) is 9.12. The second kappa shape index (κ2) is 8.44. The van der Waals surface area contributed by atoms with Crippen LogP contribution in [-0.2, 0) is 11.3 Å². The molecular weight excluding hydrogens is 304 g/mol. The van der Waals surface area contributed by atoms with Crippen molar-refractivity contribution in [2.75, 3.05) is 24.5 Å². The van der Waals surface area contributed by atoms with Gasteiger partial charge in [0.15, 0.2) is 0 Å². The van der Waals surface area contributed by atoms with E-state index in [1.807, 2.05) is 18.3 Å². The van der Waals surface area contributed by atoms with Crippen LogP contribution in [0.4, 0.5) is 5.82 Å². The number of anilines is 1. The number of nitrogens with one attached hydrogen (secondary N) is 2. The molecule has 6 nitrogen and oxygen atoms in total. The molecule has 0 aromatic carbocycles. The summed E-state index contributed by atoms with van der Waals surface area (Å²) in [7, 11) is 0. The predicted molar refractivity (Wildman–Crippen MR) is 93.8 cm³/mol. The number of pyridine rings is 1. The summed E-state index contributed by atoms with van der Waals surface area (Å²) < 4.78 is 0. The van der Waals surface area contributed by atoms with Crippen LogP contribution in [0.2, 0.25) is 0 Å². The third-order valence-corrected chi connectivity index (χ3v) is 4.90. The van der Waals surface area contributed by atoms with E-state index < -0.39 is 6.10 Å². The molecule has 2 atom stereocenters. The fourth-order valence-corrected chi connectivity index (χ4v) is 3.53. The number of hydrogen-bond acceptors (Lipinski definition) is 5. The number of rotatable bonds is 4. The zero-order valence-electron chi connectivity index (χ0n) is 14.2. The molecular formula is C18H28N4O2. The molecule has 1 aromatic heterocycles. The third-order valence-electron chi connectivity index (χ3n) is 4.90. The van der Waals surface area contributed by atoms with Gasteiger partial charge in [-0.25, -0.2) is 4.98 Å². The molecule has 3 N–H and O–H groups in total. The van der Waals surface area contributed by atoms with E-state index in [2.05, 4.69) is 20.5 Å². The molecule has 2 aliphatic heterocycles. The SMILES string of the molecule is O=C(NCc1cccnc1N1CCCCCCC1)[C@@H]1C[C@@H](O)CN1. The molecule has 2 saturated heterocycles. The number of amides is 1. The van der Waals surface area contributed by atoms with Gasteiger partial charge in [0.25, 0.3) is 0 Å². The molecule has 0 spiro atoms. The summed E-state index contributed by atoms with van der Waals surface area (Å²) in [6.45, 7) is 3.04. The Morgan fingerprint density at radius 1 is 1.29 bits per heavy atom. The van der Waals surface area contributed by atoms with Gasteiger partial charge in [0, 0.05) is 37.9 Å². The van der Waals surface area contributed by atoms with E-state index >= 15 is 0 Å². The van der Waals surface area contributed by atoms with Crippen molar-refractivity contribution in [2.45, 2.75) is 57.2 Å². The van der Waals surface area contributed by atoms with E-state index in [9.17, 15) is 9.90 Å². The van der Waals surface area contributed by atoms with Crippen LogP contribution < -0.4 is 15.5 Å². The Labute approximate surface area is 143 Å². The number of carbonyl (C=O) groups excluding carboxylic acids is 1. The summed E-state index contributed by atoms with van der Waals surface area (Å²) in [5, 5.41) is 15.6. The molecule has 2 fully saturated rings. The lowest BCUT2D eigenvalue weighted by Crippen LogP contribution is -2.40. The van der Waals surface area contributed by atoms with Gasteiger partial charge >= 0.3 is 0 Å². The monoisotopic (exact) mass is 332 g/mol. The summed E-state index contributed by atoms with van der Waals surface area (Å²) in [6.07, 6.45) is 8.19. The quantitative estimate of drug-likeness (QED) is 0.772. The van der Waals surface area contributed by atoms with Gasteiger partial charge in [-0.15, -0.1) is 0 Å². The zero-order chi connectivity index (χ0) is 16.8. The van der Waals surface area contributed by atoms with E-state index in [1.165, 1.54) is 32.1 Å². The molecule has 0 radical (unpaired) electrons. The first-order valence-corrected chi connectivity index (χ1v) is 9.12. The summed E-state index contributed by atoms with van der Waals surface area (Å²) in [4.78, 5) is 19.2. The summed E-state index contributed by atoms with van der Waals surface area (Å²) >= 11 is 0. The van der Waals surface area contributed by atoms with Crippen LogP contribution >= 0.6 is 0 Å². The van der Waals surface area contributed by atoms with Crippen molar-refractivity contribution >= 4 is 11.7 Å². The molecule has 24 heavy (non-hydrogen) atoms. The van der Waals surface area contributed by atoms with Crippen molar-refractivity contribution in [1.82, 2.24) is 15.6 Å². The van der Waals surface area contributed by atoms with E-state index in [-0.39, 0.29) is 11.9 Å². The summed E-state index contributed by atoms with van der Waals surface area (Å²) in [6, 6.07) is 3.67. The van der Waals surface area contributed by atoms with Gasteiger partial charge in [-0.05, 0) is 25.3 Å². The highest BCUT2D eigenvalue weighted by Gasteiger charge is 2.28. The Hall–Kier alpha value is -1.66. The van der Waals surface area contributed by atoms with Gasteiger partial charge in [-0.1, -0.05) is 25.3 Å². The Balaban J connectivity index is 1.62. The van der Waals surface area contributed by atoms with Gasteiger partial charge < -0.3 is 20.6 Å². The zero-order valence-corrected chi connectivity index (χ0v) is 14.2. The van der Waals surface area contributed by atoms with E-state index in [0.717, 1.165) is 24.5 Å². The highest BCUT2D eigenvalue weighted by atomic mass is 16.3. The average molecular weight is 332 g/mol. The van der Waals surface area contributed by atoms with Crippen molar-refractivity contribution in [1.29, 1.82) is 0 Å². The van der Waals surface area contributed by atoms with E-state index in [1.54, 1.807) is 0 Å².